The second-order valence-corrected chi connectivity index (χ2v) is 7.73. The van der Waals surface area contributed by atoms with Gasteiger partial charge >= 0.3 is 6.09 Å². The molecule has 0 aliphatic carbocycles. The third-order valence-corrected chi connectivity index (χ3v) is 5.45. The van der Waals surface area contributed by atoms with Gasteiger partial charge in [0.1, 0.15) is 6.61 Å². The van der Waals surface area contributed by atoms with E-state index in [1.807, 2.05) is 66.7 Å². The average Bonchev–Trinajstić information content (AvgIpc) is 3.39. The Labute approximate surface area is 195 Å². The van der Waals surface area contributed by atoms with Crippen molar-refractivity contribution in [1.29, 1.82) is 0 Å². The number of aromatic nitrogens is 4. The zero-order chi connectivity index (χ0) is 23.3. The summed E-state index contributed by atoms with van der Waals surface area (Å²) in [6, 6.07) is 19.1. The number of nitrogen functional groups attached to an aromatic ring is 1. The molecule has 34 heavy (non-hydrogen) atoms. The van der Waals surface area contributed by atoms with Crippen molar-refractivity contribution in [3.05, 3.63) is 84.2 Å². The van der Waals surface area contributed by atoms with Crippen molar-refractivity contribution >= 4 is 17.5 Å². The molecule has 0 fully saturated rings. The summed E-state index contributed by atoms with van der Waals surface area (Å²) in [5.41, 5.74) is 9.75. The van der Waals surface area contributed by atoms with Gasteiger partial charge in [-0.15, -0.1) is 10.2 Å². The second-order valence-electron chi connectivity index (χ2n) is 7.73. The molecular weight excluding hydrogens is 432 g/mol. The van der Waals surface area contributed by atoms with Crippen molar-refractivity contribution < 1.29 is 13.9 Å². The highest BCUT2D eigenvalue weighted by molar-refractivity contribution is 5.73. The van der Waals surface area contributed by atoms with Gasteiger partial charge in [0.25, 0.3) is 5.89 Å². The van der Waals surface area contributed by atoms with Crippen molar-refractivity contribution in [2.24, 2.45) is 0 Å². The third-order valence-electron chi connectivity index (χ3n) is 5.45. The molecule has 2 aromatic carbocycles. The minimum atomic E-state index is -0.345. The Balaban J connectivity index is 1.28. The largest absolute Gasteiger partial charge is 0.445 e. The standard InChI is InChI=1S/C25H22N6O3/c26-22-21(24-30-29-23(34-24)19-9-5-2-6-10-19)28-20(15-27-22)18-11-13-31(14-12-18)25(32)33-16-17-7-3-1-4-8-17/h1-11,15H,12-14,16H2,(H2,26,27). The monoisotopic (exact) mass is 454 g/mol. The zero-order valence-corrected chi connectivity index (χ0v) is 18.3. The van der Waals surface area contributed by atoms with Crippen molar-refractivity contribution in [2.75, 3.05) is 18.8 Å². The lowest BCUT2D eigenvalue weighted by molar-refractivity contribution is 0.0998. The normalized spacial score (nSPS) is 13.4. The molecule has 0 unspecified atom stereocenters. The molecule has 5 rings (SSSR count). The molecule has 2 aromatic heterocycles. The van der Waals surface area contributed by atoms with Crippen LogP contribution in [0.25, 0.3) is 28.6 Å². The van der Waals surface area contributed by atoms with Crippen LogP contribution in [-0.2, 0) is 11.3 Å². The predicted octanol–water partition coefficient (Wildman–Crippen LogP) is 4.20. The smallest absolute Gasteiger partial charge is 0.410 e. The molecule has 0 radical (unpaired) electrons. The summed E-state index contributed by atoms with van der Waals surface area (Å²) in [4.78, 5) is 23.0. The number of hydrogen-bond acceptors (Lipinski definition) is 8. The maximum atomic E-state index is 12.4. The van der Waals surface area contributed by atoms with Crippen LogP contribution in [0, 0.1) is 0 Å². The molecule has 1 aliphatic rings. The fraction of sp³-hybridized carbons (Fsp3) is 0.160. The summed E-state index contributed by atoms with van der Waals surface area (Å²) in [5, 5.41) is 8.20. The summed E-state index contributed by atoms with van der Waals surface area (Å²) >= 11 is 0. The number of anilines is 1. The molecule has 0 spiro atoms. The molecular formula is C25H22N6O3. The SMILES string of the molecule is Nc1ncc(C2=CCN(C(=O)OCc3ccccc3)CC2)nc1-c1nnc(-c2ccccc2)o1. The first-order valence-electron chi connectivity index (χ1n) is 10.8. The molecule has 9 nitrogen and oxygen atoms in total. The fourth-order valence-electron chi connectivity index (χ4n) is 3.61. The van der Waals surface area contributed by atoms with Crippen molar-refractivity contribution in [1.82, 2.24) is 25.1 Å². The van der Waals surface area contributed by atoms with Crippen LogP contribution in [0.2, 0.25) is 0 Å². The van der Waals surface area contributed by atoms with Gasteiger partial charge in [-0.3, -0.25) is 0 Å². The summed E-state index contributed by atoms with van der Waals surface area (Å²) < 4.78 is 11.2. The summed E-state index contributed by atoms with van der Waals surface area (Å²) in [6.07, 6.45) is 3.82. The Bertz CT molecular complexity index is 1320. The highest BCUT2D eigenvalue weighted by Gasteiger charge is 2.22. The van der Waals surface area contributed by atoms with Crippen LogP contribution in [0.4, 0.5) is 10.6 Å². The van der Waals surface area contributed by atoms with Crippen molar-refractivity contribution in [3.63, 3.8) is 0 Å². The number of benzene rings is 2. The number of carbonyl (C=O) groups is 1. The van der Waals surface area contributed by atoms with E-state index >= 15 is 0 Å². The second kappa shape index (κ2) is 9.53. The van der Waals surface area contributed by atoms with E-state index in [4.69, 9.17) is 14.9 Å². The van der Waals surface area contributed by atoms with E-state index in [9.17, 15) is 4.79 Å². The van der Waals surface area contributed by atoms with Crippen LogP contribution in [0.15, 0.2) is 77.4 Å². The lowest BCUT2D eigenvalue weighted by Gasteiger charge is -2.25. The number of carbonyl (C=O) groups excluding carboxylic acids is 1. The zero-order valence-electron chi connectivity index (χ0n) is 18.3. The van der Waals surface area contributed by atoms with E-state index in [0.717, 1.165) is 16.7 Å². The molecule has 1 amide bonds. The van der Waals surface area contributed by atoms with Gasteiger partial charge in [0.05, 0.1) is 11.9 Å². The molecule has 0 atom stereocenters. The van der Waals surface area contributed by atoms with E-state index in [0.29, 0.717) is 36.8 Å². The van der Waals surface area contributed by atoms with E-state index in [1.54, 1.807) is 11.1 Å². The van der Waals surface area contributed by atoms with E-state index in [2.05, 4.69) is 20.2 Å². The molecule has 3 heterocycles. The summed E-state index contributed by atoms with van der Waals surface area (Å²) in [6.45, 7) is 1.18. The Morgan fingerprint density at radius 2 is 1.76 bits per heavy atom. The van der Waals surface area contributed by atoms with Crippen LogP contribution in [0.5, 0.6) is 0 Å². The molecule has 2 N–H and O–H groups in total. The maximum Gasteiger partial charge on any atom is 0.410 e. The Morgan fingerprint density at radius 3 is 2.50 bits per heavy atom. The van der Waals surface area contributed by atoms with Crippen molar-refractivity contribution in [2.45, 2.75) is 13.0 Å². The molecule has 4 aromatic rings. The molecule has 170 valence electrons. The van der Waals surface area contributed by atoms with Crippen LogP contribution < -0.4 is 5.73 Å². The Morgan fingerprint density at radius 1 is 1.03 bits per heavy atom. The lowest BCUT2D eigenvalue weighted by atomic mass is 10.1. The van der Waals surface area contributed by atoms with Crippen LogP contribution in [0.1, 0.15) is 17.7 Å². The summed E-state index contributed by atoms with van der Waals surface area (Å²) in [7, 11) is 0. The van der Waals surface area contributed by atoms with Gasteiger partial charge in [0, 0.05) is 18.7 Å². The van der Waals surface area contributed by atoms with Gasteiger partial charge < -0.3 is 19.8 Å². The van der Waals surface area contributed by atoms with Gasteiger partial charge in [0.2, 0.25) is 5.89 Å². The van der Waals surface area contributed by atoms with Crippen molar-refractivity contribution in [3.8, 4) is 23.0 Å². The quantitative estimate of drug-likeness (QED) is 0.476. The molecule has 0 saturated heterocycles. The van der Waals surface area contributed by atoms with Gasteiger partial charge in [-0.05, 0) is 29.7 Å². The number of ether oxygens (including phenoxy) is 1. The first-order valence-corrected chi connectivity index (χ1v) is 10.8. The number of hydrogen-bond donors (Lipinski definition) is 1. The van der Waals surface area contributed by atoms with Crippen LogP contribution >= 0.6 is 0 Å². The van der Waals surface area contributed by atoms with Crippen LogP contribution in [-0.4, -0.2) is 44.2 Å². The van der Waals surface area contributed by atoms with E-state index < -0.39 is 0 Å². The molecule has 1 aliphatic heterocycles. The van der Waals surface area contributed by atoms with Gasteiger partial charge in [0.15, 0.2) is 11.5 Å². The topological polar surface area (TPSA) is 120 Å². The van der Waals surface area contributed by atoms with E-state index in [1.165, 1.54) is 0 Å². The lowest BCUT2D eigenvalue weighted by Crippen LogP contribution is -2.35. The Kier molecular flexibility index (Phi) is 5.98. The minimum absolute atomic E-state index is 0.202. The fourth-order valence-corrected chi connectivity index (χ4v) is 3.61. The van der Waals surface area contributed by atoms with Gasteiger partial charge in [-0.25, -0.2) is 14.8 Å². The van der Waals surface area contributed by atoms with Gasteiger partial charge in [-0.1, -0.05) is 54.6 Å². The highest BCUT2D eigenvalue weighted by Crippen LogP contribution is 2.28. The number of rotatable bonds is 5. The van der Waals surface area contributed by atoms with Crippen LogP contribution in [0.3, 0.4) is 0 Å². The maximum absolute atomic E-state index is 12.4. The molecule has 0 saturated carbocycles. The third kappa shape index (κ3) is 4.63. The molecule has 0 bridgehead atoms. The predicted molar refractivity (Wildman–Crippen MR) is 126 cm³/mol. The summed E-state index contributed by atoms with van der Waals surface area (Å²) in [5.74, 6) is 0.784. The van der Waals surface area contributed by atoms with E-state index in [-0.39, 0.29) is 24.4 Å². The van der Waals surface area contributed by atoms with Gasteiger partial charge in [-0.2, -0.15) is 0 Å². The highest BCUT2D eigenvalue weighted by atomic mass is 16.6. The first kappa shape index (κ1) is 21.3. The molecule has 9 heteroatoms. The minimum Gasteiger partial charge on any atom is -0.445 e. The average molecular weight is 454 g/mol. The number of nitrogens with zero attached hydrogens (tertiary/aromatic N) is 5. The number of amides is 1. The number of nitrogens with two attached hydrogens (primary N) is 1. The first-order chi connectivity index (χ1) is 16.7. The Hall–Kier alpha value is -4.53.